The summed E-state index contributed by atoms with van der Waals surface area (Å²) in [6, 6.07) is 0. The average molecular weight is 226 g/mol. The SMILES string of the molecule is CCCCCCCCCC1OC(=O)[C@H]2O[C@@H]12. The molecule has 2 aliphatic rings. The molecule has 3 heteroatoms. The predicted molar refractivity (Wildman–Crippen MR) is 61.2 cm³/mol. The van der Waals surface area contributed by atoms with E-state index in [4.69, 9.17) is 9.47 Å². The average Bonchev–Trinajstić information content (AvgIpc) is 3.01. The van der Waals surface area contributed by atoms with Crippen molar-refractivity contribution < 1.29 is 14.3 Å². The van der Waals surface area contributed by atoms with Crippen LogP contribution in [-0.2, 0) is 14.3 Å². The molecule has 0 bridgehead atoms. The van der Waals surface area contributed by atoms with E-state index < -0.39 is 0 Å². The van der Waals surface area contributed by atoms with Crippen molar-refractivity contribution in [3.63, 3.8) is 0 Å². The molecular formula is C13H22O3. The third kappa shape index (κ3) is 2.97. The molecule has 0 aromatic rings. The van der Waals surface area contributed by atoms with Crippen LogP contribution in [0.5, 0.6) is 0 Å². The number of unbranched alkanes of at least 4 members (excludes halogenated alkanes) is 6. The Kier molecular flexibility index (Phi) is 4.22. The van der Waals surface area contributed by atoms with Crippen LogP contribution in [0, 0.1) is 0 Å². The first-order valence-corrected chi connectivity index (χ1v) is 6.69. The van der Waals surface area contributed by atoms with E-state index in [1.54, 1.807) is 0 Å². The van der Waals surface area contributed by atoms with Gasteiger partial charge in [-0.3, -0.25) is 0 Å². The van der Waals surface area contributed by atoms with E-state index in [0.717, 1.165) is 12.8 Å². The lowest BCUT2D eigenvalue weighted by Crippen LogP contribution is -2.15. The van der Waals surface area contributed by atoms with Gasteiger partial charge in [-0.25, -0.2) is 4.79 Å². The molecule has 1 unspecified atom stereocenters. The summed E-state index contributed by atoms with van der Waals surface area (Å²) in [5.41, 5.74) is 0. The quantitative estimate of drug-likeness (QED) is 0.363. The summed E-state index contributed by atoms with van der Waals surface area (Å²) in [6.07, 6.45) is 10.1. The van der Waals surface area contributed by atoms with Crippen LogP contribution in [0.3, 0.4) is 0 Å². The van der Waals surface area contributed by atoms with Crippen LogP contribution in [-0.4, -0.2) is 24.3 Å². The van der Waals surface area contributed by atoms with E-state index in [9.17, 15) is 4.79 Å². The molecule has 2 fully saturated rings. The Hall–Kier alpha value is -0.570. The highest BCUT2D eigenvalue weighted by Crippen LogP contribution is 2.37. The van der Waals surface area contributed by atoms with Gasteiger partial charge in [0.1, 0.15) is 12.2 Å². The van der Waals surface area contributed by atoms with Crippen molar-refractivity contribution in [2.75, 3.05) is 0 Å². The zero-order valence-corrected chi connectivity index (χ0v) is 10.1. The maximum atomic E-state index is 11.1. The largest absolute Gasteiger partial charge is 0.457 e. The molecule has 0 aromatic carbocycles. The number of rotatable bonds is 8. The van der Waals surface area contributed by atoms with Gasteiger partial charge in [0.15, 0.2) is 6.10 Å². The predicted octanol–water partition coefficient (Wildman–Crippen LogP) is 2.82. The monoisotopic (exact) mass is 226 g/mol. The summed E-state index contributed by atoms with van der Waals surface area (Å²) in [7, 11) is 0. The van der Waals surface area contributed by atoms with Gasteiger partial charge in [0.05, 0.1) is 0 Å². The molecule has 2 rings (SSSR count). The van der Waals surface area contributed by atoms with Gasteiger partial charge in [-0.2, -0.15) is 0 Å². The third-order valence-electron chi connectivity index (χ3n) is 3.48. The molecule has 16 heavy (non-hydrogen) atoms. The van der Waals surface area contributed by atoms with Crippen LogP contribution in [0.2, 0.25) is 0 Å². The van der Waals surface area contributed by atoms with Gasteiger partial charge in [-0.15, -0.1) is 0 Å². The zero-order valence-electron chi connectivity index (χ0n) is 10.1. The number of cyclic esters (lactones) is 1. The lowest BCUT2D eigenvalue weighted by Gasteiger charge is -2.10. The molecule has 0 N–H and O–H groups in total. The molecule has 0 spiro atoms. The second kappa shape index (κ2) is 5.67. The minimum Gasteiger partial charge on any atom is -0.457 e. The van der Waals surface area contributed by atoms with Gasteiger partial charge >= 0.3 is 5.97 Å². The normalized spacial score (nSPS) is 31.3. The number of hydrogen-bond donors (Lipinski definition) is 0. The Morgan fingerprint density at radius 3 is 2.31 bits per heavy atom. The Morgan fingerprint density at radius 2 is 1.75 bits per heavy atom. The lowest BCUT2D eigenvalue weighted by molar-refractivity contribution is -0.149. The summed E-state index contributed by atoms with van der Waals surface area (Å²) < 4.78 is 10.4. The van der Waals surface area contributed by atoms with Gasteiger partial charge in [0, 0.05) is 0 Å². The maximum Gasteiger partial charge on any atom is 0.338 e. The van der Waals surface area contributed by atoms with Gasteiger partial charge in [-0.05, 0) is 12.8 Å². The first kappa shape index (κ1) is 11.9. The number of ether oxygens (including phenoxy) is 2. The lowest BCUT2D eigenvalue weighted by atomic mass is 10.0. The molecule has 0 aliphatic carbocycles. The Labute approximate surface area is 97.5 Å². The second-order valence-corrected chi connectivity index (χ2v) is 4.91. The van der Waals surface area contributed by atoms with Crippen molar-refractivity contribution >= 4 is 5.97 Å². The number of carbonyl (C=O) groups excluding carboxylic acids is 1. The molecule has 3 atom stereocenters. The maximum absolute atomic E-state index is 11.1. The molecule has 0 amide bonds. The Balaban J connectivity index is 1.45. The number of epoxide rings is 1. The molecule has 2 saturated heterocycles. The van der Waals surface area contributed by atoms with Crippen molar-refractivity contribution in [1.82, 2.24) is 0 Å². The number of esters is 1. The highest BCUT2D eigenvalue weighted by molar-refractivity contribution is 5.81. The van der Waals surface area contributed by atoms with Gasteiger partial charge in [0.25, 0.3) is 0 Å². The van der Waals surface area contributed by atoms with E-state index in [0.29, 0.717) is 0 Å². The smallest absolute Gasteiger partial charge is 0.338 e. The highest BCUT2D eigenvalue weighted by Gasteiger charge is 2.58. The zero-order chi connectivity index (χ0) is 11.4. The van der Waals surface area contributed by atoms with E-state index in [1.165, 1.54) is 38.5 Å². The summed E-state index contributed by atoms with van der Waals surface area (Å²) in [4.78, 5) is 11.1. The molecule has 0 aromatic heterocycles. The van der Waals surface area contributed by atoms with Crippen LogP contribution >= 0.6 is 0 Å². The molecule has 2 heterocycles. The second-order valence-electron chi connectivity index (χ2n) is 4.91. The van der Waals surface area contributed by atoms with E-state index >= 15 is 0 Å². The van der Waals surface area contributed by atoms with Crippen molar-refractivity contribution in [1.29, 1.82) is 0 Å². The Morgan fingerprint density at radius 1 is 1.06 bits per heavy atom. The molecule has 92 valence electrons. The van der Waals surface area contributed by atoms with Gasteiger partial charge in [-0.1, -0.05) is 45.4 Å². The fourth-order valence-corrected chi connectivity index (χ4v) is 2.41. The van der Waals surface area contributed by atoms with Crippen molar-refractivity contribution in [2.45, 2.75) is 76.6 Å². The summed E-state index contributed by atoms with van der Waals surface area (Å²) in [5, 5.41) is 0. The fourth-order valence-electron chi connectivity index (χ4n) is 2.41. The van der Waals surface area contributed by atoms with E-state index in [-0.39, 0.29) is 24.3 Å². The summed E-state index contributed by atoms with van der Waals surface area (Å²) in [5.74, 6) is -0.141. The number of fused-ring (bicyclic) bond motifs is 1. The molecular weight excluding hydrogens is 204 g/mol. The fraction of sp³-hybridized carbons (Fsp3) is 0.923. The molecule has 0 saturated carbocycles. The highest BCUT2D eigenvalue weighted by atomic mass is 16.7. The van der Waals surface area contributed by atoms with Crippen LogP contribution < -0.4 is 0 Å². The molecule has 2 aliphatic heterocycles. The first-order valence-electron chi connectivity index (χ1n) is 6.69. The van der Waals surface area contributed by atoms with Gasteiger partial charge in [0.2, 0.25) is 0 Å². The van der Waals surface area contributed by atoms with E-state index in [2.05, 4.69) is 6.92 Å². The van der Waals surface area contributed by atoms with Crippen molar-refractivity contribution in [3.8, 4) is 0 Å². The number of carbonyl (C=O) groups is 1. The summed E-state index contributed by atoms with van der Waals surface area (Å²) >= 11 is 0. The first-order chi connectivity index (χ1) is 7.83. The third-order valence-corrected chi connectivity index (χ3v) is 3.48. The minimum absolute atomic E-state index is 0.0631. The molecule has 3 nitrogen and oxygen atoms in total. The van der Waals surface area contributed by atoms with Crippen LogP contribution in [0.1, 0.15) is 58.3 Å². The molecule has 0 radical (unpaired) electrons. The van der Waals surface area contributed by atoms with Crippen LogP contribution in [0.15, 0.2) is 0 Å². The Bertz CT molecular complexity index is 239. The van der Waals surface area contributed by atoms with Crippen LogP contribution in [0.4, 0.5) is 0 Å². The van der Waals surface area contributed by atoms with Crippen molar-refractivity contribution in [2.24, 2.45) is 0 Å². The van der Waals surface area contributed by atoms with Gasteiger partial charge < -0.3 is 9.47 Å². The van der Waals surface area contributed by atoms with Crippen LogP contribution in [0.25, 0.3) is 0 Å². The summed E-state index contributed by atoms with van der Waals surface area (Å²) in [6.45, 7) is 2.24. The topological polar surface area (TPSA) is 38.8 Å². The minimum atomic E-state index is -0.199. The number of hydrogen-bond acceptors (Lipinski definition) is 3. The standard InChI is InChI=1S/C13H22O3/c1-2-3-4-5-6-7-8-9-10-11-12(16-11)13(14)15-10/h10-12H,2-9H2,1H3/t10?,11-,12-/m0/s1. The van der Waals surface area contributed by atoms with Crippen molar-refractivity contribution in [3.05, 3.63) is 0 Å². The van der Waals surface area contributed by atoms with E-state index in [1.807, 2.05) is 0 Å².